The second-order valence-electron chi connectivity index (χ2n) is 4.11. The molecule has 0 aromatic heterocycles. The lowest BCUT2D eigenvalue weighted by Gasteiger charge is -2.12. The van der Waals surface area contributed by atoms with E-state index in [1.54, 1.807) is 18.2 Å². The molecule has 0 radical (unpaired) electrons. The zero-order valence-electron chi connectivity index (χ0n) is 11.4. The third-order valence-corrected chi connectivity index (χ3v) is 2.84. The summed E-state index contributed by atoms with van der Waals surface area (Å²) in [7, 11) is -3.30. The van der Waals surface area contributed by atoms with Gasteiger partial charge in [0, 0.05) is 6.07 Å². The largest absolute Gasteiger partial charge is 0.495 e. The Morgan fingerprint density at radius 2 is 2.11 bits per heavy atom. The van der Waals surface area contributed by atoms with Crippen molar-refractivity contribution in [1.82, 2.24) is 0 Å². The van der Waals surface area contributed by atoms with Gasteiger partial charge in [0.05, 0.1) is 18.6 Å². The molecule has 0 saturated carbocycles. The summed E-state index contributed by atoms with van der Waals surface area (Å²) in [6, 6.07) is 5.18. The minimum absolute atomic E-state index is 0.231. The molecule has 0 aliphatic heterocycles. The molecular formula is C13H19NO4S. The Morgan fingerprint density at radius 1 is 1.42 bits per heavy atom. The van der Waals surface area contributed by atoms with Gasteiger partial charge in [-0.15, -0.1) is 0 Å². The number of rotatable bonds is 7. The summed E-state index contributed by atoms with van der Waals surface area (Å²) >= 11 is 0. The third-order valence-electron chi connectivity index (χ3n) is 2.25. The normalized spacial score (nSPS) is 10.9. The van der Waals surface area contributed by atoms with Crippen LogP contribution in [-0.4, -0.2) is 27.9 Å². The van der Waals surface area contributed by atoms with E-state index < -0.39 is 10.0 Å². The van der Waals surface area contributed by atoms with E-state index in [-0.39, 0.29) is 6.61 Å². The van der Waals surface area contributed by atoms with Crippen LogP contribution < -0.4 is 9.46 Å². The molecule has 0 spiro atoms. The van der Waals surface area contributed by atoms with Crippen LogP contribution in [-0.2, 0) is 14.8 Å². The highest BCUT2D eigenvalue weighted by molar-refractivity contribution is 7.92. The average Bonchev–Trinajstić information content (AvgIpc) is 2.29. The van der Waals surface area contributed by atoms with Crippen LogP contribution in [0.1, 0.15) is 12.5 Å². The molecule has 6 heteroatoms. The van der Waals surface area contributed by atoms with E-state index in [0.717, 1.165) is 11.8 Å². The second kappa shape index (κ2) is 6.47. The SMILES string of the molecule is C=C(COc1ccc(C)c(NS(C)(=O)=O)c1)OCC. The quantitative estimate of drug-likeness (QED) is 0.781. The molecule has 0 aliphatic rings. The van der Waals surface area contributed by atoms with Gasteiger partial charge >= 0.3 is 0 Å². The number of sulfonamides is 1. The van der Waals surface area contributed by atoms with Crippen molar-refractivity contribution in [1.29, 1.82) is 0 Å². The maximum Gasteiger partial charge on any atom is 0.229 e. The highest BCUT2D eigenvalue weighted by atomic mass is 32.2. The van der Waals surface area contributed by atoms with E-state index in [2.05, 4.69) is 11.3 Å². The van der Waals surface area contributed by atoms with Gasteiger partial charge < -0.3 is 9.47 Å². The van der Waals surface area contributed by atoms with Crippen LogP contribution in [0.3, 0.4) is 0 Å². The molecule has 0 saturated heterocycles. The van der Waals surface area contributed by atoms with Gasteiger partial charge in [0.15, 0.2) is 0 Å². The minimum Gasteiger partial charge on any atom is -0.495 e. The van der Waals surface area contributed by atoms with Crippen LogP contribution in [0, 0.1) is 6.92 Å². The first kappa shape index (κ1) is 15.4. The fraction of sp³-hybridized carbons (Fsp3) is 0.385. The van der Waals surface area contributed by atoms with Crippen molar-refractivity contribution in [2.75, 3.05) is 24.2 Å². The molecule has 0 unspecified atom stereocenters. The predicted octanol–water partition coefficient (Wildman–Crippen LogP) is 2.30. The van der Waals surface area contributed by atoms with Gasteiger partial charge in [-0.3, -0.25) is 4.72 Å². The summed E-state index contributed by atoms with van der Waals surface area (Å²) in [5.41, 5.74) is 1.32. The molecule has 0 bridgehead atoms. The Labute approximate surface area is 114 Å². The lowest BCUT2D eigenvalue weighted by Crippen LogP contribution is -2.11. The number of nitrogens with one attached hydrogen (secondary N) is 1. The number of hydrogen-bond acceptors (Lipinski definition) is 4. The van der Waals surface area contributed by atoms with Crippen molar-refractivity contribution >= 4 is 15.7 Å². The van der Waals surface area contributed by atoms with Crippen molar-refractivity contribution in [3.05, 3.63) is 36.1 Å². The van der Waals surface area contributed by atoms with E-state index in [1.165, 1.54) is 0 Å². The molecule has 5 nitrogen and oxygen atoms in total. The molecular weight excluding hydrogens is 266 g/mol. The number of anilines is 1. The van der Waals surface area contributed by atoms with Gasteiger partial charge in [0.2, 0.25) is 10.0 Å². The zero-order chi connectivity index (χ0) is 14.5. The van der Waals surface area contributed by atoms with Crippen LogP contribution in [0.4, 0.5) is 5.69 Å². The van der Waals surface area contributed by atoms with Crippen LogP contribution in [0.5, 0.6) is 5.75 Å². The van der Waals surface area contributed by atoms with Gasteiger partial charge in [-0.2, -0.15) is 0 Å². The number of ether oxygens (including phenoxy) is 2. The van der Waals surface area contributed by atoms with Gasteiger partial charge in [-0.25, -0.2) is 8.42 Å². The van der Waals surface area contributed by atoms with E-state index in [9.17, 15) is 8.42 Å². The summed E-state index contributed by atoms with van der Waals surface area (Å²) in [6.45, 7) is 8.15. The Hall–Kier alpha value is -1.69. The van der Waals surface area contributed by atoms with Crippen LogP contribution in [0.2, 0.25) is 0 Å². The van der Waals surface area contributed by atoms with Gasteiger partial charge in [-0.1, -0.05) is 12.6 Å². The highest BCUT2D eigenvalue weighted by Gasteiger charge is 2.07. The number of benzene rings is 1. The van der Waals surface area contributed by atoms with E-state index in [4.69, 9.17) is 9.47 Å². The second-order valence-corrected chi connectivity index (χ2v) is 5.86. The average molecular weight is 285 g/mol. The van der Waals surface area contributed by atoms with Crippen molar-refractivity contribution in [2.45, 2.75) is 13.8 Å². The molecule has 0 atom stereocenters. The number of aryl methyl sites for hydroxylation is 1. The first-order valence-corrected chi connectivity index (χ1v) is 7.72. The third kappa shape index (κ3) is 5.65. The smallest absolute Gasteiger partial charge is 0.229 e. The molecule has 1 aromatic rings. The van der Waals surface area contributed by atoms with Crippen LogP contribution >= 0.6 is 0 Å². The molecule has 0 amide bonds. The molecule has 1 rings (SSSR count). The van der Waals surface area contributed by atoms with Crippen LogP contribution in [0.25, 0.3) is 0 Å². The Kier molecular flexibility index (Phi) is 5.23. The fourth-order valence-electron chi connectivity index (χ4n) is 1.41. The van der Waals surface area contributed by atoms with Gasteiger partial charge in [0.1, 0.15) is 18.1 Å². The zero-order valence-corrected chi connectivity index (χ0v) is 12.2. The summed E-state index contributed by atoms with van der Waals surface area (Å²) < 4.78 is 35.5. The van der Waals surface area contributed by atoms with Crippen molar-refractivity contribution in [2.24, 2.45) is 0 Å². The Morgan fingerprint density at radius 3 is 2.68 bits per heavy atom. The fourth-order valence-corrected chi connectivity index (χ4v) is 2.03. The summed E-state index contributed by atoms with van der Waals surface area (Å²) in [4.78, 5) is 0. The number of hydrogen-bond donors (Lipinski definition) is 1. The topological polar surface area (TPSA) is 64.6 Å². The summed E-state index contributed by atoms with van der Waals surface area (Å²) in [5, 5.41) is 0. The molecule has 0 aliphatic carbocycles. The predicted molar refractivity (Wildman–Crippen MR) is 75.9 cm³/mol. The highest BCUT2D eigenvalue weighted by Crippen LogP contribution is 2.23. The first-order chi connectivity index (χ1) is 8.81. The van der Waals surface area contributed by atoms with Gasteiger partial charge in [0.25, 0.3) is 0 Å². The van der Waals surface area contributed by atoms with E-state index in [1.807, 2.05) is 13.8 Å². The van der Waals surface area contributed by atoms with Gasteiger partial charge in [-0.05, 0) is 25.5 Å². The lowest BCUT2D eigenvalue weighted by molar-refractivity contribution is 0.182. The maximum absolute atomic E-state index is 11.2. The molecule has 1 N–H and O–H groups in total. The Bertz CT molecular complexity index is 552. The van der Waals surface area contributed by atoms with E-state index in [0.29, 0.717) is 23.8 Å². The van der Waals surface area contributed by atoms with Crippen molar-refractivity contribution < 1.29 is 17.9 Å². The standard InChI is InChI=1S/C13H19NO4S/c1-5-17-11(3)9-18-12-7-6-10(2)13(8-12)14-19(4,15)16/h6-8,14H,3,5,9H2,1-2,4H3. The van der Waals surface area contributed by atoms with Crippen molar-refractivity contribution in [3.63, 3.8) is 0 Å². The Balaban J connectivity index is 2.76. The molecule has 19 heavy (non-hydrogen) atoms. The minimum atomic E-state index is -3.30. The van der Waals surface area contributed by atoms with Crippen molar-refractivity contribution in [3.8, 4) is 5.75 Å². The summed E-state index contributed by atoms with van der Waals surface area (Å²) in [6.07, 6.45) is 1.11. The lowest BCUT2D eigenvalue weighted by atomic mass is 10.2. The van der Waals surface area contributed by atoms with E-state index >= 15 is 0 Å². The maximum atomic E-state index is 11.2. The molecule has 1 aromatic carbocycles. The molecule has 0 fully saturated rings. The summed E-state index contributed by atoms with van der Waals surface area (Å²) in [5.74, 6) is 1.08. The molecule has 0 heterocycles. The van der Waals surface area contributed by atoms with Crippen LogP contribution in [0.15, 0.2) is 30.5 Å². The first-order valence-electron chi connectivity index (χ1n) is 5.83. The monoisotopic (exact) mass is 285 g/mol. The molecule has 106 valence electrons.